The zero-order chi connectivity index (χ0) is 14.1. The molecule has 7 heteroatoms. The summed E-state index contributed by atoms with van der Waals surface area (Å²) in [4.78, 5) is 34.2. The maximum absolute atomic E-state index is 11.4. The molecule has 0 aliphatic heterocycles. The number of hydrogen-bond acceptors (Lipinski definition) is 4. The fourth-order valence-corrected chi connectivity index (χ4v) is 1.01. The molecule has 0 aromatic heterocycles. The number of carbonyl (C=O) groups is 3. The Hall–Kier alpha value is -1.63. The molecular weight excluding hydrogens is 240 g/mol. The summed E-state index contributed by atoms with van der Waals surface area (Å²) in [6, 6.07) is 0. The Morgan fingerprint density at radius 3 is 2.39 bits per heavy atom. The van der Waals surface area contributed by atoms with Crippen LogP contribution in [0, 0.1) is 5.92 Å². The summed E-state index contributed by atoms with van der Waals surface area (Å²) in [6.07, 6.45) is 0. The molecule has 2 N–H and O–H groups in total. The normalized spacial score (nSPS) is 10.2. The molecule has 0 fully saturated rings. The number of likely N-dealkylation sites (N-methyl/N-ethyl adjacent to an activating group) is 1. The third kappa shape index (κ3) is 8.51. The minimum Gasteiger partial charge on any atom is -0.480 e. The molecule has 0 heterocycles. The predicted molar refractivity (Wildman–Crippen MR) is 63.9 cm³/mol. The average Bonchev–Trinajstić information content (AvgIpc) is 2.25. The molecule has 0 rings (SSSR count). The highest BCUT2D eigenvalue weighted by atomic mass is 16.5. The van der Waals surface area contributed by atoms with E-state index >= 15 is 0 Å². The summed E-state index contributed by atoms with van der Waals surface area (Å²) < 4.78 is 4.64. The average molecular weight is 260 g/mol. The van der Waals surface area contributed by atoms with E-state index < -0.39 is 18.5 Å². The van der Waals surface area contributed by atoms with Gasteiger partial charge >= 0.3 is 5.97 Å². The molecule has 0 spiro atoms. The largest absolute Gasteiger partial charge is 0.480 e. The van der Waals surface area contributed by atoms with E-state index in [1.165, 1.54) is 11.9 Å². The van der Waals surface area contributed by atoms with Gasteiger partial charge in [0, 0.05) is 13.6 Å². The minimum absolute atomic E-state index is 0.0675. The first-order chi connectivity index (χ1) is 8.32. The molecule has 0 saturated heterocycles. The van der Waals surface area contributed by atoms with Crippen LogP contribution in [0.3, 0.4) is 0 Å². The van der Waals surface area contributed by atoms with Gasteiger partial charge in [0.2, 0.25) is 11.8 Å². The molecule has 0 atom stereocenters. The van der Waals surface area contributed by atoms with Gasteiger partial charge in [0.1, 0.15) is 13.2 Å². The van der Waals surface area contributed by atoms with Crippen molar-refractivity contribution in [3.63, 3.8) is 0 Å². The van der Waals surface area contributed by atoms with Gasteiger partial charge in [-0.05, 0) is 5.92 Å². The molecule has 7 nitrogen and oxygen atoms in total. The van der Waals surface area contributed by atoms with Gasteiger partial charge in [0.15, 0.2) is 0 Å². The van der Waals surface area contributed by atoms with Gasteiger partial charge in [-0.1, -0.05) is 13.8 Å². The minimum atomic E-state index is -1.14. The van der Waals surface area contributed by atoms with Gasteiger partial charge < -0.3 is 20.1 Å². The molecule has 2 amide bonds. The van der Waals surface area contributed by atoms with E-state index in [0.29, 0.717) is 12.5 Å². The van der Waals surface area contributed by atoms with Gasteiger partial charge in [-0.3, -0.25) is 9.59 Å². The van der Waals surface area contributed by atoms with Crippen LogP contribution in [0.15, 0.2) is 0 Å². The lowest BCUT2D eigenvalue weighted by atomic mass is 10.2. The van der Waals surface area contributed by atoms with E-state index in [4.69, 9.17) is 5.11 Å². The van der Waals surface area contributed by atoms with Crippen LogP contribution in [-0.2, 0) is 19.1 Å². The number of carbonyl (C=O) groups excluding carboxylic acids is 2. The summed E-state index contributed by atoms with van der Waals surface area (Å²) in [6.45, 7) is 3.54. The number of nitrogens with zero attached hydrogens (tertiary/aromatic N) is 1. The number of rotatable bonds is 8. The van der Waals surface area contributed by atoms with Crippen molar-refractivity contribution in [3.8, 4) is 0 Å². The fourth-order valence-electron chi connectivity index (χ4n) is 1.01. The van der Waals surface area contributed by atoms with Crippen molar-refractivity contribution in [1.82, 2.24) is 10.2 Å². The van der Waals surface area contributed by atoms with Crippen molar-refractivity contribution in [2.45, 2.75) is 13.8 Å². The Bertz CT molecular complexity index is 304. The first-order valence-electron chi connectivity index (χ1n) is 5.63. The quantitative estimate of drug-likeness (QED) is 0.602. The first kappa shape index (κ1) is 16.4. The topological polar surface area (TPSA) is 95.9 Å². The molecule has 0 radical (unpaired) electrons. The van der Waals surface area contributed by atoms with Crippen LogP contribution in [0.1, 0.15) is 13.8 Å². The van der Waals surface area contributed by atoms with E-state index in [-0.39, 0.29) is 19.1 Å². The van der Waals surface area contributed by atoms with Crippen LogP contribution >= 0.6 is 0 Å². The molecule has 104 valence electrons. The highest BCUT2D eigenvalue weighted by Gasteiger charge is 2.13. The molecule has 18 heavy (non-hydrogen) atoms. The zero-order valence-electron chi connectivity index (χ0n) is 10.9. The van der Waals surface area contributed by atoms with E-state index in [1.807, 2.05) is 13.8 Å². The SMILES string of the molecule is CC(C)CNC(=O)CN(C)C(=O)COCC(=O)O. The van der Waals surface area contributed by atoms with Crippen molar-refractivity contribution in [1.29, 1.82) is 0 Å². The third-order valence-electron chi connectivity index (χ3n) is 1.97. The molecule has 0 bridgehead atoms. The van der Waals surface area contributed by atoms with Crippen molar-refractivity contribution >= 4 is 17.8 Å². The summed E-state index contributed by atoms with van der Waals surface area (Å²) in [5.41, 5.74) is 0. The molecule has 0 unspecified atom stereocenters. The number of amides is 2. The summed E-state index contributed by atoms with van der Waals surface area (Å²) in [7, 11) is 1.46. The lowest BCUT2D eigenvalue weighted by molar-refractivity contribution is -0.146. The highest BCUT2D eigenvalue weighted by molar-refractivity contribution is 5.85. The molecular formula is C11H20N2O5. The van der Waals surface area contributed by atoms with Crippen LogP contribution < -0.4 is 5.32 Å². The number of carboxylic acid groups (broad SMARTS) is 1. The van der Waals surface area contributed by atoms with Gasteiger partial charge in [0.05, 0.1) is 6.54 Å². The van der Waals surface area contributed by atoms with Gasteiger partial charge in [0.25, 0.3) is 0 Å². The number of hydrogen-bond donors (Lipinski definition) is 2. The molecule has 0 aliphatic carbocycles. The van der Waals surface area contributed by atoms with Crippen LogP contribution in [0.5, 0.6) is 0 Å². The molecule has 0 saturated carbocycles. The number of carboxylic acids is 1. The van der Waals surface area contributed by atoms with Gasteiger partial charge in [-0.25, -0.2) is 4.79 Å². The van der Waals surface area contributed by atoms with E-state index in [0.717, 1.165) is 0 Å². The zero-order valence-corrected chi connectivity index (χ0v) is 10.9. The number of aliphatic carboxylic acids is 1. The number of ether oxygens (including phenoxy) is 1. The molecule has 0 aliphatic rings. The third-order valence-corrected chi connectivity index (χ3v) is 1.97. The summed E-state index contributed by atoms with van der Waals surface area (Å²) >= 11 is 0. The van der Waals surface area contributed by atoms with E-state index in [2.05, 4.69) is 10.1 Å². The second kappa shape index (κ2) is 8.46. The number of nitrogens with one attached hydrogen (secondary N) is 1. The predicted octanol–water partition coefficient (Wildman–Crippen LogP) is -0.682. The second-order valence-corrected chi connectivity index (χ2v) is 4.33. The Balaban J connectivity index is 3.85. The maximum Gasteiger partial charge on any atom is 0.329 e. The van der Waals surface area contributed by atoms with Gasteiger partial charge in [-0.2, -0.15) is 0 Å². The Morgan fingerprint density at radius 1 is 1.28 bits per heavy atom. The van der Waals surface area contributed by atoms with Crippen molar-refractivity contribution < 1.29 is 24.2 Å². The first-order valence-corrected chi connectivity index (χ1v) is 5.63. The molecule has 0 aromatic carbocycles. The lowest BCUT2D eigenvalue weighted by Crippen LogP contribution is -2.41. The van der Waals surface area contributed by atoms with E-state index in [1.54, 1.807) is 0 Å². The fraction of sp³-hybridized carbons (Fsp3) is 0.727. The monoisotopic (exact) mass is 260 g/mol. The highest BCUT2D eigenvalue weighted by Crippen LogP contribution is 1.90. The van der Waals surface area contributed by atoms with E-state index in [9.17, 15) is 14.4 Å². The van der Waals surface area contributed by atoms with Crippen LogP contribution in [0.2, 0.25) is 0 Å². The Morgan fingerprint density at radius 2 is 1.89 bits per heavy atom. The van der Waals surface area contributed by atoms with Crippen LogP contribution in [-0.4, -0.2) is 61.1 Å². The summed E-state index contributed by atoms with van der Waals surface area (Å²) in [5.74, 6) is -1.48. The standard InChI is InChI=1S/C11H20N2O5/c1-8(2)4-12-9(14)5-13(3)10(15)6-18-7-11(16)17/h8H,4-7H2,1-3H3,(H,12,14)(H,16,17). The second-order valence-electron chi connectivity index (χ2n) is 4.33. The lowest BCUT2D eigenvalue weighted by Gasteiger charge is -2.17. The Labute approximate surface area is 106 Å². The maximum atomic E-state index is 11.4. The van der Waals surface area contributed by atoms with Crippen LogP contribution in [0.4, 0.5) is 0 Å². The Kier molecular flexibility index (Phi) is 7.69. The van der Waals surface area contributed by atoms with Crippen molar-refractivity contribution in [2.24, 2.45) is 5.92 Å². The smallest absolute Gasteiger partial charge is 0.329 e. The summed E-state index contributed by atoms with van der Waals surface area (Å²) in [5, 5.41) is 11.0. The van der Waals surface area contributed by atoms with Gasteiger partial charge in [-0.15, -0.1) is 0 Å². The molecule has 0 aromatic rings. The van der Waals surface area contributed by atoms with Crippen molar-refractivity contribution in [2.75, 3.05) is 33.4 Å². The van der Waals surface area contributed by atoms with Crippen LogP contribution in [0.25, 0.3) is 0 Å². The van der Waals surface area contributed by atoms with Crippen molar-refractivity contribution in [3.05, 3.63) is 0 Å².